The topological polar surface area (TPSA) is 53.3 Å². The second kappa shape index (κ2) is 8.95. The summed E-state index contributed by atoms with van der Waals surface area (Å²) in [4.78, 5) is 12.3. The molecule has 28 heavy (non-hydrogen) atoms. The van der Waals surface area contributed by atoms with Gasteiger partial charge >= 0.3 is 0 Å². The first-order valence-electron chi connectivity index (χ1n) is 8.43. The zero-order valence-corrected chi connectivity index (χ0v) is 16.9. The zero-order chi connectivity index (χ0) is 20.1. The molecule has 3 aromatic rings. The molecule has 0 aliphatic carbocycles. The lowest BCUT2D eigenvalue weighted by Gasteiger charge is -2.13. The number of allylic oxidation sites excluding steroid dienone is 1. The van der Waals surface area contributed by atoms with Crippen LogP contribution >= 0.6 is 23.2 Å². The summed E-state index contributed by atoms with van der Waals surface area (Å²) in [6, 6.07) is 12.4. The first-order chi connectivity index (χ1) is 13.5. The van der Waals surface area contributed by atoms with Crippen LogP contribution in [0.3, 0.4) is 0 Å². The fourth-order valence-electron chi connectivity index (χ4n) is 2.66. The summed E-state index contributed by atoms with van der Waals surface area (Å²) in [5.74, 6) is 0.954. The Balaban J connectivity index is 1.79. The van der Waals surface area contributed by atoms with Gasteiger partial charge in [-0.15, -0.1) is 0 Å². The van der Waals surface area contributed by atoms with Crippen LogP contribution in [-0.2, 0) is 13.7 Å². The molecule has 0 atom stereocenters. The van der Waals surface area contributed by atoms with Gasteiger partial charge in [0.2, 0.25) is 5.78 Å². The Labute approximate surface area is 173 Å². The van der Waals surface area contributed by atoms with Crippen LogP contribution in [0.1, 0.15) is 21.6 Å². The third-order valence-electron chi connectivity index (χ3n) is 4.10. The molecule has 1 aromatic heterocycles. The SMILES string of the molecule is COc1ccc(/C=C/C(=O)c2ccnn2C)cc1COc1c(Cl)cccc1Cl. The quantitative estimate of drug-likeness (QED) is 0.391. The van der Waals surface area contributed by atoms with Gasteiger partial charge < -0.3 is 9.47 Å². The summed E-state index contributed by atoms with van der Waals surface area (Å²) in [5, 5.41) is 4.87. The van der Waals surface area contributed by atoms with Crippen molar-refractivity contribution in [2.75, 3.05) is 7.11 Å². The summed E-state index contributed by atoms with van der Waals surface area (Å²) >= 11 is 12.3. The average Bonchev–Trinajstić information content (AvgIpc) is 3.12. The number of ketones is 1. The van der Waals surface area contributed by atoms with E-state index in [-0.39, 0.29) is 12.4 Å². The van der Waals surface area contributed by atoms with Crippen molar-refractivity contribution in [2.45, 2.75) is 6.61 Å². The number of aryl methyl sites for hydroxylation is 1. The van der Waals surface area contributed by atoms with E-state index in [2.05, 4.69) is 5.10 Å². The van der Waals surface area contributed by atoms with E-state index < -0.39 is 0 Å². The Bertz CT molecular complexity index is 1010. The maximum absolute atomic E-state index is 12.3. The second-order valence-corrected chi connectivity index (χ2v) is 6.76. The summed E-state index contributed by atoms with van der Waals surface area (Å²) in [7, 11) is 3.31. The Morgan fingerprint density at radius 2 is 1.93 bits per heavy atom. The monoisotopic (exact) mass is 416 g/mol. The predicted molar refractivity (Wildman–Crippen MR) is 110 cm³/mol. The Hall–Kier alpha value is -2.76. The number of para-hydroxylation sites is 1. The first-order valence-corrected chi connectivity index (χ1v) is 9.19. The van der Waals surface area contributed by atoms with E-state index in [1.54, 1.807) is 50.7 Å². The Kier molecular flexibility index (Phi) is 6.39. The highest BCUT2D eigenvalue weighted by Crippen LogP contribution is 2.33. The number of methoxy groups -OCH3 is 1. The highest BCUT2D eigenvalue weighted by Gasteiger charge is 2.10. The smallest absolute Gasteiger partial charge is 0.203 e. The molecule has 0 aliphatic rings. The number of carbonyl (C=O) groups excluding carboxylic acids is 1. The molecule has 7 heteroatoms. The lowest BCUT2D eigenvalue weighted by molar-refractivity contribution is 0.103. The van der Waals surface area contributed by atoms with Gasteiger partial charge in [0, 0.05) is 18.8 Å². The number of aromatic nitrogens is 2. The van der Waals surface area contributed by atoms with Crippen molar-refractivity contribution in [3.63, 3.8) is 0 Å². The van der Waals surface area contributed by atoms with Gasteiger partial charge in [-0.2, -0.15) is 5.10 Å². The molecule has 0 radical (unpaired) electrons. The summed E-state index contributed by atoms with van der Waals surface area (Å²) < 4.78 is 12.7. The third-order valence-corrected chi connectivity index (χ3v) is 4.69. The molecule has 0 fully saturated rings. The minimum Gasteiger partial charge on any atom is -0.496 e. The molecule has 1 heterocycles. The molecule has 0 saturated carbocycles. The maximum Gasteiger partial charge on any atom is 0.203 e. The van der Waals surface area contributed by atoms with Crippen LogP contribution in [-0.4, -0.2) is 22.7 Å². The molecule has 144 valence electrons. The summed E-state index contributed by atoms with van der Waals surface area (Å²) in [6.07, 6.45) is 4.83. The van der Waals surface area contributed by atoms with Crippen molar-refractivity contribution in [1.29, 1.82) is 0 Å². The molecule has 0 spiro atoms. The molecule has 0 aliphatic heterocycles. The van der Waals surface area contributed by atoms with Crippen molar-refractivity contribution >= 4 is 35.1 Å². The van der Waals surface area contributed by atoms with Crippen LogP contribution in [0.5, 0.6) is 11.5 Å². The Morgan fingerprint density at radius 1 is 1.18 bits per heavy atom. The minimum absolute atomic E-state index is 0.128. The van der Waals surface area contributed by atoms with Gasteiger partial charge in [-0.1, -0.05) is 41.4 Å². The van der Waals surface area contributed by atoms with Gasteiger partial charge in [-0.3, -0.25) is 9.48 Å². The number of benzene rings is 2. The highest BCUT2D eigenvalue weighted by molar-refractivity contribution is 6.37. The third kappa shape index (κ3) is 4.55. The lowest BCUT2D eigenvalue weighted by Crippen LogP contribution is -2.03. The zero-order valence-electron chi connectivity index (χ0n) is 15.4. The number of rotatable bonds is 7. The van der Waals surface area contributed by atoms with Crippen LogP contribution in [0.15, 0.2) is 54.7 Å². The lowest BCUT2D eigenvalue weighted by atomic mass is 10.1. The first kappa shape index (κ1) is 20.0. The van der Waals surface area contributed by atoms with Gasteiger partial charge in [0.25, 0.3) is 0 Å². The van der Waals surface area contributed by atoms with E-state index in [1.165, 1.54) is 10.8 Å². The van der Waals surface area contributed by atoms with E-state index in [1.807, 2.05) is 18.2 Å². The van der Waals surface area contributed by atoms with Crippen molar-refractivity contribution in [2.24, 2.45) is 7.05 Å². The van der Waals surface area contributed by atoms with Gasteiger partial charge in [0.05, 0.1) is 17.2 Å². The summed E-state index contributed by atoms with van der Waals surface area (Å²) in [5.41, 5.74) is 2.15. The molecule has 0 amide bonds. The number of hydrogen-bond donors (Lipinski definition) is 0. The molecule has 0 N–H and O–H groups in total. The normalized spacial score (nSPS) is 11.0. The van der Waals surface area contributed by atoms with Crippen LogP contribution in [0.25, 0.3) is 6.08 Å². The molecule has 0 unspecified atom stereocenters. The van der Waals surface area contributed by atoms with Crippen molar-refractivity contribution < 1.29 is 14.3 Å². The second-order valence-electron chi connectivity index (χ2n) is 5.95. The van der Waals surface area contributed by atoms with Gasteiger partial charge in [-0.25, -0.2) is 0 Å². The van der Waals surface area contributed by atoms with Gasteiger partial charge in [0.1, 0.15) is 18.1 Å². The van der Waals surface area contributed by atoms with Gasteiger partial charge in [0.15, 0.2) is 5.75 Å². The van der Waals surface area contributed by atoms with Crippen LogP contribution in [0.4, 0.5) is 0 Å². The number of halogens is 2. The minimum atomic E-state index is -0.128. The van der Waals surface area contributed by atoms with E-state index in [4.69, 9.17) is 32.7 Å². The fourth-order valence-corrected chi connectivity index (χ4v) is 3.16. The van der Waals surface area contributed by atoms with Crippen molar-refractivity contribution in [3.8, 4) is 11.5 Å². The van der Waals surface area contributed by atoms with E-state index >= 15 is 0 Å². The van der Waals surface area contributed by atoms with Gasteiger partial charge in [-0.05, 0) is 42.0 Å². The predicted octanol–water partition coefficient (Wildman–Crippen LogP) is 5.21. The van der Waals surface area contributed by atoms with Crippen molar-refractivity contribution in [3.05, 3.63) is 81.6 Å². The average molecular weight is 417 g/mol. The molecular formula is C21H18Cl2N2O3. The molecular weight excluding hydrogens is 399 g/mol. The standard InChI is InChI=1S/C21H18Cl2N2O3/c1-25-18(10-11-24-25)19(26)8-6-14-7-9-20(27-2)15(12-14)13-28-21-16(22)4-3-5-17(21)23/h3-12H,13H2,1-2H3/b8-6+. The molecule has 5 nitrogen and oxygen atoms in total. The highest BCUT2D eigenvalue weighted by atomic mass is 35.5. The molecule has 0 bridgehead atoms. The fraction of sp³-hybridized carbons (Fsp3) is 0.143. The van der Waals surface area contributed by atoms with E-state index in [0.717, 1.165) is 11.1 Å². The maximum atomic E-state index is 12.3. The van der Waals surface area contributed by atoms with E-state index in [0.29, 0.717) is 27.2 Å². The van der Waals surface area contributed by atoms with E-state index in [9.17, 15) is 4.79 Å². The molecule has 0 saturated heterocycles. The number of ether oxygens (including phenoxy) is 2. The Morgan fingerprint density at radius 3 is 2.57 bits per heavy atom. The van der Waals surface area contributed by atoms with Crippen molar-refractivity contribution in [1.82, 2.24) is 9.78 Å². The van der Waals surface area contributed by atoms with Crippen LogP contribution < -0.4 is 9.47 Å². The number of hydrogen-bond acceptors (Lipinski definition) is 4. The largest absolute Gasteiger partial charge is 0.496 e. The number of nitrogens with zero attached hydrogens (tertiary/aromatic N) is 2. The summed E-state index contributed by atoms with van der Waals surface area (Å²) in [6.45, 7) is 0.212. The van der Waals surface area contributed by atoms with Crippen LogP contribution in [0.2, 0.25) is 10.0 Å². The van der Waals surface area contributed by atoms with Crippen LogP contribution in [0, 0.1) is 0 Å². The molecule has 3 rings (SSSR count). The molecule has 2 aromatic carbocycles. The number of carbonyl (C=O) groups is 1.